The van der Waals surface area contributed by atoms with E-state index in [-0.39, 0.29) is 37.7 Å². The highest BCUT2D eigenvalue weighted by Crippen LogP contribution is 2.43. The molecule has 1 aliphatic carbocycles. The van der Waals surface area contributed by atoms with Gasteiger partial charge in [0.05, 0.1) is 18.2 Å². The number of benzene rings is 1. The Morgan fingerprint density at radius 3 is 2.62 bits per heavy atom. The minimum absolute atomic E-state index is 0.0515. The number of amides is 1. The molecule has 1 amide bonds. The van der Waals surface area contributed by atoms with Gasteiger partial charge in [0.25, 0.3) is 11.5 Å². The molecule has 1 saturated carbocycles. The summed E-state index contributed by atoms with van der Waals surface area (Å²) in [6.07, 6.45) is 2.37. The summed E-state index contributed by atoms with van der Waals surface area (Å²) in [5, 5.41) is 12.2. The molecule has 37 heavy (non-hydrogen) atoms. The number of hydrogen-bond acceptors (Lipinski definition) is 8. The van der Waals surface area contributed by atoms with Crippen molar-refractivity contribution in [2.24, 2.45) is 7.05 Å². The number of fused-ring (bicyclic) bond motifs is 1. The zero-order chi connectivity index (χ0) is 26.6. The first-order valence-electron chi connectivity index (χ1n) is 11.6. The van der Waals surface area contributed by atoms with Gasteiger partial charge in [-0.2, -0.15) is 5.26 Å². The zero-order valence-corrected chi connectivity index (χ0v) is 21.3. The van der Waals surface area contributed by atoms with E-state index >= 15 is 0 Å². The first-order chi connectivity index (χ1) is 17.7. The smallest absolute Gasteiger partial charge is 0.263 e. The van der Waals surface area contributed by atoms with Crippen LogP contribution in [-0.2, 0) is 28.4 Å². The molecule has 0 spiro atoms. The number of carbonyl (C=O) groups excluding carboxylic acids is 1. The number of methoxy groups -OCH3 is 1. The van der Waals surface area contributed by atoms with Gasteiger partial charge < -0.3 is 19.4 Å². The zero-order valence-electron chi connectivity index (χ0n) is 20.5. The highest BCUT2D eigenvalue weighted by Gasteiger charge is 2.55. The molecule has 0 bridgehead atoms. The molecule has 3 aromatic rings. The lowest BCUT2D eigenvalue weighted by Crippen LogP contribution is -2.41. The Balaban J connectivity index is 1.52. The summed E-state index contributed by atoms with van der Waals surface area (Å²) in [6.45, 7) is 0.484. The Bertz CT molecular complexity index is 1520. The van der Waals surface area contributed by atoms with Crippen LogP contribution in [0.3, 0.4) is 0 Å². The number of hydrogen-bond donors (Lipinski definition) is 2. The van der Waals surface area contributed by atoms with E-state index < -0.39 is 26.2 Å². The average Bonchev–Trinajstić information content (AvgIpc) is 3.70. The third-order valence-corrected chi connectivity index (χ3v) is 8.57. The SMILES string of the molecule is COCCNS(=O)(=O)C1(COc2nccc3cc(C(=O)NCc4ccc(C#N)cc4)c(=O)n(C)c23)CC1. The number of aryl methyl sites for hydroxylation is 1. The van der Waals surface area contributed by atoms with Gasteiger partial charge in [-0.05, 0) is 42.7 Å². The van der Waals surface area contributed by atoms with Crippen LogP contribution in [0.1, 0.15) is 34.3 Å². The van der Waals surface area contributed by atoms with Crippen LogP contribution in [0.4, 0.5) is 0 Å². The number of nitrogens with zero attached hydrogens (tertiary/aromatic N) is 3. The number of carbonyl (C=O) groups is 1. The van der Waals surface area contributed by atoms with E-state index in [0.717, 1.165) is 5.56 Å². The monoisotopic (exact) mass is 525 g/mol. The Labute approximate surface area is 214 Å². The molecule has 1 aliphatic rings. The number of nitriles is 1. The Morgan fingerprint density at radius 2 is 1.97 bits per heavy atom. The van der Waals surface area contributed by atoms with Crippen LogP contribution in [0.5, 0.6) is 5.88 Å². The lowest BCUT2D eigenvalue weighted by Gasteiger charge is -2.18. The Hall–Kier alpha value is -3.79. The second kappa shape index (κ2) is 10.7. The fourth-order valence-corrected chi connectivity index (χ4v) is 5.42. The minimum Gasteiger partial charge on any atom is -0.474 e. The van der Waals surface area contributed by atoms with Gasteiger partial charge in [0.2, 0.25) is 15.9 Å². The molecule has 1 fully saturated rings. The molecule has 2 aromatic heterocycles. The van der Waals surface area contributed by atoms with E-state index in [1.54, 1.807) is 30.3 Å². The van der Waals surface area contributed by atoms with E-state index in [1.807, 2.05) is 6.07 Å². The van der Waals surface area contributed by atoms with E-state index in [9.17, 15) is 18.0 Å². The van der Waals surface area contributed by atoms with Crippen molar-refractivity contribution < 1.29 is 22.7 Å². The normalized spacial score (nSPS) is 14.2. The maximum Gasteiger partial charge on any atom is 0.263 e. The highest BCUT2D eigenvalue weighted by atomic mass is 32.2. The fourth-order valence-electron chi connectivity index (χ4n) is 3.91. The molecule has 2 heterocycles. The minimum atomic E-state index is -3.63. The van der Waals surface area contributed by atoms with E-state index in [0.29, 0.717) is 29.3 Å². The van der Waals surface area contributed by atoms with Crippen LogP contribution < -0.4 is 20.3 Å². The van der Waals surface area contributed by atoms with Crippen LogP contribution in [-0.4, -0.2) is 55.5 Å². The molecule has 4 rings (SSSR count). The summed E-state index contributed by atoms with van der Waals surface area (Å²) in [7, 11) is -0.636. The van der Waals surface area contributed by atoms with Crippen molar-refractivity contribution in [3.63, 3.8) is 0 Å². The van der Waals surface area contributed by atoms with Gasteiger partial charge in [-0.25, -0.2) is 18.1 Å². The van der Waals surface area contributed by atoms with Crippen LogP contribution in [0.15, 0.2) is 47.4 Å². The fraction of sp³-hybridized carbons (Fsp3) is 0.360. The quantitative estimate of drug-likeness (QED) is 0.354. The Kier molecular flexibility index (Phi) is 7.58. The number of pyridine rings is 2. The first-order valence-corrected chi connectivity index (χ1v) is 13.1. The highest BCUT2D eigenvalue weighted by molar-refractivity contribution is 7.91. The van der Waals surface area contributed by atoms with Gasteiger partial charge in [-0.15, -0.1) is 0 Å². The maximum absolute atomic E-state index is 13.1. The predicted octanol–water partition coefficient (Wildman–Crippen LogP) is 1.21. The average molecular weight is 526 g/mol. The van der Waals surface area contributed by atoms with E-state index in [2.05, 4.69) is 15.0 Å². The molecule has 0 atom stereocenters. The first kappa shape index (κ1) is 26.3. The van der Waals surface area contributed by atoms with Crippen molar-refractivity contribution in [2.75, 3.05) is 26.9 Å². The number of nitrogens with one attached hydrogen (secondary N) is 2. The third kappa shape index (κ3) is 5.48. The van der Waals surface area contributed by atoms with E-state index in [1.165, 1.54) is 31.0 Å². The van der Waals surface area contributed by atoms with Crippen molar-refractivity contribution in [1.82, 2.24) is 19.6 Å². The number of sulfonamides is 1. The summed E-state index contributed by atoms with van der Waals surface area (Å²) >= 11 is 0. The van der Waals surface area contributed by atoms with Gasteiger partial charge in [0.15, 0.2) is 0 Å². The predicted molar refractivity (Wildman–Crippen MR) is 136 cm³/mol. The van der Waals surface area contributed by atoms with Crippen LogP contribution in [0.25, 0.3) is 10.9 Å². The number of aromatic nitrogens is 2. The van der Waals surface area contributed by atoms with Gasteiger partial charge >= 0.3 is 0 Å². The second-order valence-electron chi connectivity index (χ2n) is 8.83. The van der Waals surface area contributed by atoms with Gasteiger partial charge in [-0.1, -0.05) is 12.1 Å². The largest absolute Gasteiger partial charge is 0.474 e. The molecule has 12 heteroatoms. The van der Waals surface area contributed by atoms with Gasteiger partial charge in [0, 0.05) is 38.8 Å². The summed E-state index contributed by atoms with van der Waals surface area (Å²) in [4.78, 5) is 30.1. The molecule has 1 aromatic carbocycles. The topological polar surface area (TPSA) is 152 Å². The van der Waals surface area contributed by atoms with Crippen LogP contribution in [0.2, 0.25) is 0 Å². The van der Waals surface area contributed by atoms with Gasteiger partial charge in [-0.3, -0.25) is 9.59 Å². The molecule has 0 saturated heterocycles. The van der Waals surface area contributed by atoms with Crippen LogP contribution >= 0.6 is 0 Å². The lowest BCUT2D eigenvalue weighted by atomic mass is 10.1. The molecule has 2 N–H and O–H groups in total. The summed E-state index contributed by atoms with van der Waals surface area (Å²) in [5.41, 5.74) is 1.06. The molecular weight excluding hydrogens is 498 g/mol. The van der Waals surface area contributed by atoms with Crippen molar-refractivity contribution in [2.45, 2.75) is 24.1 Å². The molecule has 0 unspecified atom stereocenters. The molecule has 0 radical (unpaired) electrons. The molecule has 11 nitrogen and oxygen atoms in total. The van der Waals surface area contributed by atoms with E-state index in [4.69, 9.17) is 14.7 Å². The van der Waals surface area contributed by atoms with Crippen molar-refractivity contribution >= 4 is 26.8 Å². The van der Waals surface area contributed by atoms with Crippen molar-refractivity contribution in [3.8, 4) is 11.9 Å². The van der Waals surface area contributed by atoms with Crippen molar-refractivity contribution in [3.05, 3.63) is 69.6 Å². The van der Waals surface area contributed by atoms with Crippen LogP contribution in [0, 0.1) is 11.3 Å². The third-order valence-electron chi connectivity index (χ3n) is 6.32. The van der Waals surface area contributed by atoms with Crippen molar-refractivity contribution in [1.29, 1.82) is 5.26 Å². The molecular formula is C25H27N5O6S. The molecule has 0 aliphatic heterocycles. The summed E-state index contributed by atoms with van der Waals surface area (Å²) in [5.74, 6) is -0.434. The summed E-state index contributed by atoms with van der Waals surface area (Å²) < 4.78 is 39.0. The Morgan fingerprint density at radius 1 is 1.24 bits per heavy atom. The number of ether oxygens (including phenoxy) is 2. The summed E-state index contributed by atoms with van der Waals surface area (Å²) in [6, 6.07) is 11.9. The molecule has 194 valence electrons. The maximum atomic E-state index is 13.1. The second-order valence-corrected chi connectivity index (χ2v) is 11.0. The standard InChI is InChI=1S/C25H27N5O6S/c1-30-21-19(13-20(24(30)32)22(31)28-15-18-5-3-17(14-26)4-6-18)7-10-27-23(21)36-16-25(8-9-25)37(33,34)29-11-12-35-2/h3-7,10,13,29H,8-9,11-12,15-16H2,1-2H3,(H,28,31). The number of rotatable bonds is 11. The van der Waals surface area contributed by atoms with Gasteiger partial charge in [0.1, 0.15) is 22.4 Å². The lowest BCUT2D eigenvalue weighted by molar-refractivity contribution is 0.0949.